The van der Waals surface area contributed by atoms with Crippen molar-refractivity contribution >= 4 is 23.3 Å². The summed E-state index contributed by atoms with van der Waals surface area (Å²) < 4.78 is 5.53. The zero-order valence-corrected chi connectivity index (χ0v) is 19.7. The van der Waals surface area contributed by atoms with E-state index < -0.39 is 0 Å². The van der Waals surface area contributed by atoms with Gasteiger partial charge in [-0.2, -0.15) is 0 Å². The van der Waals surface area contributed by atoms with Gasteiger partial charge in [-0.3, -0.25) is 9.59 Å². The number of amides is 2. The predicted molar refractivity (Wildman–Crippen MR) is 132 cm³/mol. The number of benzene rings is 2. The fourth-order valence-corrected chi connectivity index (χ4v) is 4.12. The number of ether oxygens (including phenoxy) is 1. The Hall–Kier alpha value is -3.94. The number of hydrogen-bond acceptors (Lipinski definition) is 6. The molecule has 176 valence electrons. The van der Waals surface area contributed by atoms with Crippen LogP contribution in [-0.4, -0.2) is 49.0 Å². The van der Waals surface area contributed by atoms with Crippen molar-refractivity contribution in [2.24, 2.45) is 0 Å². The number of aromatic nitrogens is 2. The molecule has 1 aliphatic heterocycles. The molecule has 34 heavy (non-hydrogen) atoms. The highest BCUT2D eigenvalue weighted by atomic mass is 16.5. The van der Waals surface area contributed by atoms with Gasteiger partial charge in [-0.1, -0.05) is 25.1 Å². The Morgan fingerprint density at radius 3 is 2.62 bits per heavy atom. The summed E-state index contributed by atoms with van der Waals surface area (Å²) in [6.45, 7) is 3.49. The first-order chi connectivity index (χ1) is 16.5. The molecule has 1 aliphatic rings. The minimum Gasteiger partial charge on any atom is -0.496 e. The standard InChI is InChI=1S/C26H29N5O3/c1-17(21-11-8-19(26(33)27-2)13-23(21)34-3)15-28-24-14-22(29-16-30-24)18-6-9-20(10-7-18)31-12-4-5-25(31)32/h6-11,13-14,16-17H,4-5,12,15H2,1-3H3,(H,27,33)(H,28,29,30). The van der Waals surface area contributed by atoms with Gasteiger partial charge in [0.1, 0.15) is 17.9 Å². The number of carbonyl (C=O) groups excluding carboxylic acids is 2. The molecule has 0 saturated carbocycles. The summed E-state index contributed by atoms with van der Waals surface area (Å²) in [7, 11) is 3.21. The van der Waals surface area contributed by atoms with Crippen molar-refractivity contribution in [2.45, 2.75) is 25.7 Å². The van der Waals surface area contributed by atoms with E-state index in [1.165, 1.54) is 0 Å². The third kappa shape index (κ3) is 5.01. The summed E-state index contributed by atoms with van der Waals surface area (Å²) in [5.74, 6) is 1.54. The number of anilines is 2. The van der Waals surface area contributed by atoms with Crippen molar-refractivity contribution in [3.8, 4) is 17.0 Å². The van der Waals surface area contributed by atoms with E-state index >= 15 is 0 Å². The molecule has 1 fully saturated rings. The maximum atomic E-state index is 12.0. The summed E-state index contributed by atoms with van der Waals surface area (Å²) in [4.78, 5) is 34.5. The number of carbonyl (C=O) groups is 2. The highest BCUT2D eigenvalue weighted by molar-refractivity contribution is 5.95. The molecular weight excluding hydrogens is 430 g/mol. The highest BCUT2D eigenvalue weighted by Crippen LogP contribution is 2.29. The van der Waals surface area contributed by atoms with E-state index in [2.05, 4.69) is 27.5 Å². The fraction of sp³-hybridized carbons (Fsp3) is 0.308. The van der Waals surface area contributed by atoms with Gasteiger partial charge in [0.25, 0.3) is 5.91 Å². The molecule has 8 heteroatoms. The number of hydrogen-bond donors (Lipinski definition) is 2. The van der Waals surface area contributed by atoms with Crippen molar-refractivity contribution in [1.29, 1.82) is 0 Å². The summed E-state index contributed by atoms with van der Waals surface area (Å²) >= 11 is 0. The SMILES string of the molecule is CNC(=O)c1ccc(C(C)CNc2cc(-c3ccc(N4CCCC4=O)cc3)ncn2)c(OC)c1. The second-order valence-corrected chi connectivity index (χ2v) is 8.30. The predicted octanol–water partition coefficient (Wildman–Crippen LogP) is 3.85. The zero-order chi connectivity index (χ0) is 24.1. The van der Waals surface area contributed by atoms with Gasteiger partial charge in [-0.05, 0) is 36.2 Å². The van der Waals surface area contributed by atoms with Gasteiger partial charge in [0.15, 0.2) is 0 Å². The van der Waals surface area contributed by atoms with Gasteiger partial charge in [0, 0.05) is 55.4 Å². The highest BCUT2D eigenvalue weighted by Gasteiger charge is 2.21. The Morgan fingerprint density at radius 1 is 1.15 bits per heavy atom. The molecule has 4 rings (SSSR count). The normalized spacial score (nSPS) is 14.1. The van der Waals surface area contributed by atoms with Crippen LogP contribution in [0.2, 0.25) is 0 Å². The Morgan fingerprint density at radius 2 is 1.94 bits per heavy atom. The van der Waals surface area contributed by atoms with Gasteiger partial charge in [0.05, 0.1) is 12.8 Å². The fourth-order valence-electron chi connectivity index (χ4n) is 4.12. The lowest BCUT2D eigenvalue weighted by Gasteiger charge is -2.18. The number of methoxy groups -OCH3 is 1. The van der Waals surface area contributed by atoms with Gasteiger partial charge in [0.2, 0.25) is 5.91 Å². The van der Waals surface area contributed by atoms with Gasteiger partial charge < -0.3 is 20.3 Å². The molecule has 2 heterocycles. The summed E-state index contributed by atoms with van der Waals surface area (Å²) in [5.41, 5.74) is 4.24. The van der Waals surface area contributed by atoms with E-state index in [4.69, 9.17) is 4.74 Å². The summed E-state index contributed by atoms with van der Waals surface area (Å²) in [5, 5.41) is 6.00. The quantitative estimate of drug-likeness (QED) is 0.531. The zero-order valence-electron chi connectivity index (χ0n) is 19.7. The second kappa shape index (κ2) is 10.3. The smallest absolute Gasteiger partial charge is 0.251 e. The lowest BCUT2D eigenvalue weighted by atomic mass is 9.98. The van der Waals surface area contributed by atoms with Crippen LogP contribution in [0.1, 0.15) is 41.6 Å². The minimum absolute atomic E-state index is 0.115. The summed E-state index contributed by atoms with van der Waals surface area (Å²) in [6.07, 6.45) is 3.06. The Bertz CT molecular complexity index is 1180. The number of nitrogens with one attached hydrogen (secondary N) is 2. The van der Waals surface area contributed by atoms with E-state index in [-0.39, 0.29) is 17.7 Å². The molecule has 2 amide bonds. The topological polar surface area (TPSA) is 96.5 Å². The lowest BCUT2D eigenvalue weighted by molar-refractivity contribution is -0.117. The van der Waals surface area contributed by atoms with Crippen LogP contribution in [0.25, 0.3) is 11.3 Å². The largest absolute Gasteiger partial charge is 0.496 e. The van der Waals surface area contributed by atoms with Crippen LogP contribution in [0.5, 0.6) is 5.75 Å². The van der Waals surface area contributed by atoms with Crippen molar-refractivity contribution in [2.75, 3.05) is 37.5 Å². The van der Waals surface area contributed by atoms with Crippen molar-refractivity contribution in [3.63, 3.8) is 0 Å². The molecule has 1 atom stereocenters. The van der Waals surface area contributed by atoms with Crippen molar-refractivity contribution < 1.29 is 14.3 Å². The van der Waals surface area contributed by atoms with Crippen LogP contribution >= 0.6 is 0 Å². The van der Waals surface area contributed by atoms with Crippen LogP contribution in [0.15, 0.2) is 54.9 Å². The molecule has 1 unspecified atom stereocenters. The first kappa shape index (κ1) is 23.2. The Balaban J connectivity index is 1.44. The molecule has 0 spiro atoms. The van der Waals surface area contributed by atoms with Crippen LogP contribution in [0.4, 0.5) is 11.5 Å². The van der Waals surface area contributed by atoms with Gasteiger partial charge >= 0.3 is 0 Å². The van der Waals surface area contributed by atoms with Crippen molar-refractivity contribution in [1.82, 2.24) is 15.3 Å². The Kier molecular flexibility index (Phi) is 7.06. The minimum atomic E-state index is -0.149. The van der Waals surface area contributed by atoms with E-state index in [9.17, 15) is 9.59 Å². The maximum absolute atomic E-state index is 12.0. The number of nitrogens with zero attached hydrogens (tertiary/aromatic N) is 3. The van der Waals surface area contributed by atoms with Crippen LogP contribution in [0, 0.1) is 0 Å². The molecule has 2 aromatic carbocycles. The van der Waals surface area contributed by atoms with E-state index in [1.54, 1.807) is 32.6 Å². The van der Waals surface area contributed by atoms with E-state index in [0.717, 1.165) is 41.3 Å². The summed E-state index contributed by atoms with van der Waals surface area (Å²) in [6, 6.07) is 15.3. The Labute approximate surface area is 199 Å². The lowest BCUT2D eigenvalue weighted by Crippen LogP contribution is -2.23. The molecule has 0 bridgehead atoms. The average molecular weight is 460 g/mol. The molecule has 0 radical (unpaired) electrons. The van der Waals surface area contributed by atoms with Gasteiger partial charge in [-0.25, -0.2) is 9.97 Å². The van der Waals surface area contributed by atoms with Crippen LogP contribution in [0.3, 0.4) is 0 Å². The molecule has 8 nitrogen and oxygen atoms in total. The first-order valence-electron chi connectivity index (χ1n) is 11.4. The third-order valence-electron chi connectivity index (χ3n) is 6.06. The van der Waals surface area contributed by atoms with Crippen molar-refractivity contribution in [3.05, 3.63) is 66.0 Å². The van der Waals surface area contributed by atoms with E-state index in [1.807, 2.05) is 41.3 Å². The molecule has 2 N–H and O–H groups in total. The molecule has 1 aromatic heterocycles. The van der Waals surface area contributed by atoms with Crippen LogP contribution < -0.4 is 20.3 Å². The molecule has 0 aliphatic carbocycles. The monoisotopic (exact) mass is 459 g/mol. The average Bonchev–Trinajstić information content (AvgIpc) is 3.32. The van der Waals surface area contributed by atoms with Crippen LogP contribution in [-0.2, 0) is 4.79 Å². The van der Waals surface area contributed by atoms with Gasteiger partial charge in [-0.15, -0.1) is 0 Å². The maximum Gasteiger partial charge on any atom is 0.251 e. The molecular formula is C26H29N5O3. The third-order valence-corrected chi connectivity index (χ3v) is 6.06. The molecule has 3 aromatic rings. The second-order valence-electron chi connectivity index (χ2n) is 8.30. The van der Waals surface area contributed by atoms with E-state index in [0.29, 0.717) is 24.3 Å². The molecule has 1 saturated heterocycles. The number of rotatable bonds is 8. The first-order valence-corrected chi connectivity index (χ1v) is 11.4.